The van der Waals surface area contributed by atoms with E-state index in [1.54, 1.807) is 4.90 Å². The third kappa shape index (κ3) is 3.96. The van der Waals surface area contributed by atoms with Crippen molar-refractivity contribution >= 4 is 23.4 Å². The van der Waals surface area contributed by atoms with Crippen molar-refractivity contribution in [2.45, 2.75) is 25.8 Å². The number of carbonyl (C=O) groups excluding carboxylic acids is 2. The molecule has 0 aliphatic carbocycles. The van der Waals surface area contributed by atoms with Crippen molar-refractivity contribution in [1.29, 1.82) is 0 Å². The molecule has 3 rings (SSSR count). The van der Waals surface area contributed by atoms with Gasteiger partial charge < -0.3 is 15.1 Å². The molecule has 2 amide bonds. The van der Waals surface area contributed by atoms with Crippen LogP contribution in [0.4, 0.5) is 4.39 Å². The largest absolute Gasteiger partial charge is 0.339 e. The number of nitrogens with zero attached hydrogens (tertiary/aromatic N) is 2. The monoisotopic (exact) mass is 367 g/mol. The van der Waals surface area contributed by atoms with Crippen LogP contribution in [-0.4, -0.2) is 60.4 Å². The number of rotatable bonds is 2. The van der Waals surface area contributed by atoms with Crippen LogP contribution in [0.5, 0.6) is 0 Å². The van der Waals surface area contributed by atoms with Gasteiger partial charge in [0.15, 0.2) is 0 Å². The zero-order chi connectivity index (χ0) is 18.0. The first-order valence-corrected chi connectivity index (χ1v) is 9.10. The van der Waals surface area contributed by atoms with Gasteiger partial charge in [0.05, 0.1) is 10.6 Å². The molecule has 2 fully saturated rings. The van der Waals surface area contributed by atoms with E-state index in [-0.39, 0.29) is 22.4 Å². The summed E-state index contributed by atoms with van der Waals surface area (Å²) in [5, 5.41) is 3.47. The van der Waals surface area contributed by atoms with E-state index in [4.69, 9.17) is 11.6 Å². The number of carbonyl (C=O) groups is 2. The van der Waals surface area contributed by atoms with Gasteiger partial charge in [0, 0.05) is 38.1 Å². The number of amides is 2. The second kappa shape index (κ2) is 7.70. The van der Waals surface area contributed by atoms with Crippen molar-refractivity contribution in [3.05, 3.63) is 34.6 Å². The molecule has 5 nitrogen and oxygen atoms in total. The lowest BCUT2D eigenvalue weighted by Crippen LogP contribution is -2.53. The van der Waals surface area contributed by atoms with Gasteiger partial charge in [-0.3, -0.25) is 9.59 Å². The second-order valence-corrected chi connectivity index (χ2v) is 7.20. The Morgan fingerprint density at radius 3 is 2.52 bits per heavy atom. The quantitative estimate of drug-likeness (QED) is 0.871. The predicted molar refractivity (Wildman–Crippen MR) is 94.1 cm³/mol. The average molecular weight is 368 g/mol. The van der Waals surface area contributed by atoms with Crippen LogP contribution < -0.4 is 5.32 Å². The van der Waals surface area contributed by atoms with Gasteiger partial charge in [-0.1, -0.05) is 17.7 Å². The van der Waals surface area contributed by atoms with Crippen LogP contribution >= 0.6 is 11.6 Å². The lowest BCUT2D eigenvalue weighted by atomic mass is 9.92. The van der Waals surface area contributed by atoms with E-state index in [0.717, 1.165) is 19.4 Å². The summed E-state index contributed by atoms with van der Waals surface area (Å²) < 4.78 is 13.9. The Balaban J connectivity index is 1.60. The van der Waals surface area contributed by atoms with Gasteiger partial charge in [-0.25, -0.2) is 4.39 Å². The van der Waals surface area contributed by atoms with Gasteiger partial charge in [-0.2, -0.15) is 0 Å². The summed E-state index contributed by atoms with van der Waals surface area (Å²) >= 11 is 5.98. The fourth-order valence-electron chi connectivity index (χ4n) is 3.60. The smallest absolute Gasteiger partial charge is 0.258 e. The van der Waals surface area contributed by atoms with Crippen LogP contribution in [0.1, 0.15) is 30.1 Å². The number of benzene rings is 1. The van der Waals surface area contributed by atoms with Crippen molar-refractivity contribution in [1.82, 2.24) is 15.1 Å². The highest BCUT2D eigenvalue weighted by atomic mass is 35.5. The number of nitrogens with one attached hydrogen (secondary N) is 1. The molecule has 0 aromatic heterocycles. The van der Waals surface area contributed by atoms with Gasteiger partial charge in [0.1, 0.15) is 5.82 Å². The summed E-state index contributed by atoms with van der Waals surface area (Å²) in [6.07, 6.45) is 1.70. The molecule has 0 saturated carbocycles. The van der Waals surface area contributed by atoms with E-state index < -0.39 is 11.7 Å². The van der Waals surface area contributed by atoms with Crippen LogP contribution in [0.3, 0.4) is 0 Å². The standard InChI is InChI=1S/C18H23ClFN3O2/c1-12-11-13(5-6-21-12)17(24)22-7-9-23(10-8-22)18(25)16-14(19)3-2-4-15(16)20/h2-4,12-13,21H,5-11H2,1H3/t12-,13-/m0/s1. The first-order chi connectivity index (χ1) is 12.0. The molecular weight excluding hydrogens is 345 g/mol. The van der Waals surface area contributed by atoms with E-state index in [1.165, 1.54) is 18.2 Å². The molecule has 2 aliphatic heterocycles. The Morgan fingerprint density at radius 1 is 1.20 bits per heavy atom. The fourth-order valence-corrected chi connectivity index (χ4v) is 3.85. The topological polar surface area (TPSA) is 52.7 Å². The Bertz CT molecular complexity index is 641. The molecule has 7 heteroatoms. The number of hydrogen-bond donors (Lipinski definition) is 1. The highest BCUT2D eigenvalue weighted by molar-refractivity contribution is 6.33. The van der Waals surface area contributed by atoms with Crippen molar-refractivity contribution in [3.63, 3.8) is 0 Å². The van der Waals surface area contributed by atoms with Crippen LogP contribution in [0, 0.1) is 11.7 Å². The van der Waals surface area contributed by atoms with Crippen molar-refractivity contribution < 1.29 is 14.0 Å². The molecule has 2 aliphatic rings. The Hall–Kier alpha value is -1.66. The SMILES string of the molecule is C[C@H]1C[C@@H](C(=O)N2CCN(C(=O)c3c(F)cccc3Cl)CC2)CCN1. The third-order valence-corrected chi connectivity index (χ3v) is 5.34. The van der Waals surface area contributed by atoms with Crippen molar-refractivity contribution in [2.24, 2.45) is 5.92 Å². The summed E-state index contributed by atoms with van der Waals surface area (Å²) in [5.41, 5.74) is -0.0869. The molecule has 2 heterocycles. The number of halogens is 2. The lowest BCUT2D eigenvalue weighted by Gasteiger charge is -2.38. The molecule has 25 heavy (non-hydrogen) atoms. The summed E-state index contributed by atoms with van der Waals surface area (Å²) in [7, 11) is 0. The van der Waals surface area contributed by atoms with Crippen LogP contribution in [-0.2, 0) is 4.79 Å². The van der Waals surface area contributed by atoms with Crippen molar-refractivity contribution in [2.75, 3.05) is 32.7 Å². The summed E-state index contributed by atoms with van der Waals surface area (Å²) in [6, 6.07) is 4.58. The zero-order valence-electron chi connectivity index (χ0n) is 14.3. The van der Waals surface area contributed by atoms with Crippen molar-refractivity contribution in [3.8, 4) is 0 Å². The minimum absolute atomic E-state index is 0.0551. The highest BCUT2D eigenvalue weighted by Gasteiger charge is 2.32. The molecule has 1 N–H and O–H groups in total. The van der Waals surface area contributed by atoms with Gasteiger partial charge in [-0.15, -0.1) is 0 Å². The normalized spacial score (nSPS) is 24.3. The minimum atomic E-state index is -0.611. The van der Waals surface area contributed by atoms with Gasteiger partial charge in [0.25, 0.3) is 5.91 Å². The number of hydrogen-bond acceptors (Lipinski definition) is 3. The van der Waals surface area contributed by atoms with E-state index in [0.29, 0.717) is 32.2 Å². The second-order valence-electron chi connectivity index (χ2n) is 6.79. The van der Waals surface area contributed by atoms with Gasteiger partial charge in [-0.05, 0) is 38.4 Å². The van der Waals surface area contributed by atoms with Gasteiger partial charge >= 0.3 is 0 Å². The Morgan fingerprint density at radius 2 is 1.88 bits per heavy atom. The maximum absolute atomic E-state index is 13.9. The van der Waals surface area contributed by atoms with E-state index in [1.807, 2.05) is 4.90 Å². The summed E-state index contributed by atoms with van der Waals surface area (Å²) in [4.78, 5) is 28.6. The van der Waals surface area contributed by atoms with Crippen LogP contribution in [0.15, 0.2) is 18.2 Å². The minimum Gasteiger partial charge on any atom is -0.339 e. The Kier molecular flexibility index (Phi) is 5.59. The molecule has 2 atom stereocenters. The van der Waals surface area contributed by atoms with Crippen LogP contribution in [0.2, 0.25) is 5.02 Å². The van der Waals surface area contributed by atoms with E-state index >= 15 is 0 Å². The molecule has 136 valence electrons. The molecule has 0 radical (unpaired) electrons. The Labute approximate surface area is 152 Å². The first kappa shape index (κ1) is 18.1. The molecule has 0 bridgehead atoms. The number of piperidine rings is 1. The van der Waals surface area contributed by atoms with E-state index in [9.17, 15) is 14.0 Å². The summed E-state index contributed by atoms with van der Waals surface area (Å²) in [6.45, 7) is 4.71. The summed E-state index contributed by atoms with van der Waals surface area (Å²) in [5.74, 6) is -0.797. The lowest BCUT2D eigenvalue weighted by molar-refractivity contribution is -0.138. The van der Waals surface area contributed by atoms with E-state index in [2.05, 4.69) is 12.2 Å². The van der Waals surface area contributed by atoms with Crippen LogP contribution in [0.25, 0.3) is 0 Å². The maximum atomic E-state index is 13.9. The zero-order valence-corrected chi connectivity index (χ0v) is 15.1. The maximum Gasteiger partial charge on any atom is 0.258 e. The molecule has 1 aromatic carbocycles. The third-order valence-electron chi connectivity index (χ3n) is 5.03. The molecule has 0 spiro atoms. The highest BCUT2D eigenvalue weighted by Crippen LogP contribution is 2.23. The molecule has 0 unspecified atom stereocenters. The molecular formula is C18H23ClFN3O2. The predicted octanol–water partition coefficient (Wildman–Crippen LogP) is 2.15. The average Bonchev–Trinajstić information content (AvgIpc) is 2.61. The molecule has 1 aromatic rings. The fraction of sp³-hybridized carbons (Fsp3) is 0.556. The first-order valence-electron chi connectivity index (χ1n) is 8.73. The van der Waals surface area contributed by atoms with Gasteiger partial charge in [0.2, 0.25) is 5.91 Å². The molecule has 2 saturated heterocycles. The number of piperazine rings is 1.